The first kappa shape index (κ1) is 19.4. The smallest absolute Gasteiger partial charge is 0.191 e. The molecule has 4 aromatic carbocycles. The van der Waals surface area contributed by atoms with Crippen LogP contribution >= 0.6 is 0 Å². The number of anilines is 2. The van der Waals surface area contributed by atoms with Gasteiger partial charge < -0.3 is 27.8 Å². The number of benzene rings is 4. The number of hydrogen-bond donors (Lipinski definition) is 3. The van der Waals surface area contributed by atoms with Crippen molar-refractivity contribution in [2.75, 3.05) is 23.7 Å². The first-order chi connectivity index (χ1) is 13.8. The van der Waals surface area contributed by atoms with E-state index >= 15 is 0 Å². The van der Waals surface area contributed by atoms with Crippen LogP contribution in [0, 0.1) is 0 Å². The van der Waals surface area contributed by atoms with E-state index in [9.17, 15) is 0 Å². The molecule has 0 bridgehead atoms. The summed E-state index contributed by atoms with van der Waals surface area (Å²) in [4.78, 5) is 0. The standard InChI is InChI=1S/C24H23N3O.ClH/c1-3-25-19-13-21-23(17-11-7-5-9-15(17)19)27-24-18-12-8-6-10-16(18)20(26-4-2)14-22(24)28-21;/h5-14,25-27H,3-4H2,1-2H3;1H. The molecule has 0 unspecified atom stereocenters. The Labute approximate surface area is 176 Å². The van der Waals surface area contributed by atoms with Gasteiger partial charge in [-0.05, 0) is 26.0 Å². The minimum Gasteiger partial charge on any atom is -1.00 e. The molecular weight excluding hydrogens is 382 g/mol. The Morgan fingerprint density at radius 2 is 1.10 bits per heavy atom. The Morgan fingerprint density at radius 1 is 0.690 bits per heavy atom. The van der Waals surface area contributed by atoms with Crippen molar-refractivity contribution in [3.8, 4) is 11.5 Å². The molecule has 0 radical (unpaired) electrons. The molecule has 148 valence electrons. The van der Waals surface area contributed by atoms with Gasteiger partial charge in [0.2, 0.25) is 0 Å². The van der Waals surface area contributed by atoms with Gasteiger partial charge in [0, 0.05) is 58.1 Å². The van der Waals surface area contributed by atoms with Crippen molar-refractivity contribution in [1.29, 1.82) is 0 Å². The Kier molecular flexibility index (Phi) is 5.22. The minimum absolute atomic E-state index is 0. The van der Waals surface area contributed by atoms with Crippen molar-refractivity contribution in [1.82, 2.24) is 0 Å². The van der Waals surface area contributed by atoms with Crippen molar-refractivity contribution in [2.45, 2.75) is 13.8 Å². The summed E-state index contributed by atoms with van der Waals surface area (Å²) < 4.78 is 6.46. The largest absolute Gasteiger partial charge is 1.00 e. The van der Waals surface area contributed by atoms with Crippen molar-refractivity contribution < 1.29 is 22.5 Å². The van der Waals surface area contributed by atoms with E-state index in [0.29, 0.717) is 0 Å². The van der Waals surface area contributed by atoms with E-state index in [1.165, 1.54) is 21.5 Å². The lowest BCUT2D eigenvalue weighted by Gasteiger charge is -2.23. The van der Waals surface area contributed by atoms with Gasteiger partial charge in [0.1, 0.15) is 0 Å². The molecule has 4 N–H and O–H groups in total. The molecule has 0 aromatic heterocycles. The lowest BCUT2D eigenvalue weighted by atomic mass is 10.0. The second-order valence-electron chi connectivity index (χ2n) is 7.07. The number of fused-ring (bicyclic) bond motifs is 6. The molecule has 0 atom stereocenters. The first-order valence-electron chi connectivity index (χ1n) is 9.92. The predicted octanol–water partition coefficient (Wildman–Crippen LogP) is 2.49. The molecule has 0 fully saturated rings. The molecule has 1 aliphatic rings. The second-order valence-corrected chi connectivity index (χ2v) is 7.07. The Morgan fingerprint density at radius 3 is 1.52 bits per heavy atom. The third-order valence-electron chi connectivity index (χ3n) is 5.34. The average Bonchev–Trinajstić information content (AvgIpc) is 2.73. The van der Waals surface area contributed by atoms with E-state index < -0.39 is 0 Å². The second kappa shape index (κ2) is 7.82. The molecule has 0 amide bonds. The van der Waals surface area contributed by atoms with Gasteiger partial charge in [-0.1, -0.05) is 36.4 Å². The lowest BCUT2D eigenvalue weighted by Crippen LogP contribution is -3.00. The van der Waals surface area contributed by atoms with E-state index in [0.717, 1.165) is 47.3 Å². The number of halogens is 1. The van der Waals surface area contributed by atoms with Gasteiger partial charge >= 0.3 is 0 Å². The Balaban J connectivity index is 0.00000205. The third-order valence-corrected chi connectivity index (χ3v) is 5.34. The van der Waals surface area contributed by atoms with Crippen LogP contribution in [-0.4, -0.2) is 13.1 Å². The van der Waals surface area contributed by atoms with Crippen LogP contribution < -0.4 is 33.1 Å². The van der Waals surface area contributed by atoms with Crippen LogP contribution in [0.4, 0.5) is 22.7 Å². The molecule has 5 heteroatoms. The van der Waals surface area contributed by atoms with Gasteiger partial charge in [0.05, 0.1) is 0 Å². The zero-order chi connectivity index (χ0) is 19.1. The van der Waals surface area contributed by atoms with Crippen LogP contribution in [0.2, 0.25) is 0 Å². The fourth-order valence-electron chi connectivity index (χ4n) is 4.15. The first-order valence-corrected chi connectivity index (χ1v) is 9.92. The molecule has 4 aromatic rings. The summed E-state index contributed by atoms with van der Waals surface area (Å²) in [5.41, 5.74) is 4.51. The maximum atomic E-state index is 6.46. The average molecular weight is 406 g/mol. The molecule has 0 spiro atoms. The quantitative estimate of drug-likeness (QED) is 0.403. The zero-order valence-electron chi connectivity index (χ0n) is 16.6. The summed E-state index contributed by atoms with van der Waals surface area (Å²) in [5, 5.41) is 14.1. The van der Waals surface area contributed by atoms with Crippen LogP contribution in [-0.2, 0) is 0 Å². The van der Waals surface area contributed by atoms with Crippen LogP contribution in [0.15, 0.2) is 60.7 Å². The molecule has 0 aliphatic carbocycles. The molecule has 1 aliphatic heterocycles. The fourth-order valence-corrected chi connectivity index (χ4v) is 4.15. The molecule has 0 saturated carbocycles. The van der Waals surface area contributed by atoms with Gasteiger partial charge in [0.25, 0.3) is 0 Å². The highest BCUT2D eigenvalue weighted by molar-refractivity contribution is 6.06. The van der Waals surface area contributed by atoms with Crippen LogP contribution in [0.25, 0.3) is 21.5 Å². The zero-order valence-corrected chi connectivity index (χ0v) is 17.3. The van der Waals surface area contributed by atoms with Crippen molar-refractivity contribution in [3.05, 3.63) is 60.7 Å². The lowest BCUT2D eigenvalue weighted by molar-refractivity contribution is -0.479. The van der Waals surface area contributed by atoms with Gasteiger partial charge in [-0.15, -0.1) is 0 Å². The summed E-state index contributed by atoms with van der Waals surface area (Å²) in [6.45, 7) is 5.98. The topological polar surface area (TPSA) is 49.9 Å². The van der Waals surface area contributed by atoms with Crippen molar-refractivity contribution in [2.24, 2.45) is 0 Å². The van der Waals surface area contributed by atoms with E-state index in [-0.39, 0.29) is 12.4 Å². The predicted molar refractivity (Wildman–Crippen MR) is 118 cm³/mol. The summed E-state index contributed by atoms with van der Waals surface area (Å²) >= 11 is 0. The summed E-state index contributed by atoms with van der Waals surface area (Å²) in [7, 11) is 0. The molecule has 4 nitrogen and oxygen atoms in total. The van der Waals surface area contributed by atoms with E-state index in [2.05, 4.69) is 90.5 Å². The normalized spacial score (nSPS) is 11.9. The number of quaternary nitrogens is 1. The molecule has 5 rings (SSSR count). The van der Waals surface area contributed by atoms with Gasteiger partial charge in [0.15, 0.2) is 22.9 Å². The van der Waals surface area contributed by atoms with Crippen molar-refractivity contribution >= 4 is 44.3 Å². The number of ether oxygens (including phenoxy) is 1. The molecule has 1 heterocycles. The summed E-state index contributed by atoms with van der Waals surface area (Å²) in [6.07, 6.45) is 0. The van der Waals surface area contributed by atoms with Gasteiger partial charge in [-0.2, -0.15) is 0 Å². The molecule has 29 heavy (non-hydrogen) atoms. The van der Waals surface area contributed by atoms with Crippen LogP contribution in [0.1, 0.15) is 13.8 Å². The highest BCUT2D eigenvalue weighted by Gasteiger charge is 2.28. The monoisotopic (exact) mass is 405 g/mol. The fraction of sp³-hybridized carbons (Fsp3) is 0.167. The van der Waals surface area contributed by atoms with E-state index in [4.69, 9.17) is 4.74 Å². The minimum atomic E-state index is 0. The van der Waals surface area contributed by atoms with E-state index in [1.807, 2.05) is 0 Å². The Bertz CT molecular complexity index is 1110. The summed E-state index contributed by atoms with van der Waals surface area (Å²) in [6, 6.07) is 21.3. The van der Waals surface area contributed by atoms with Crippen LogP contribution in [0.3, 0.4) is 0 Å². The Hall–Kier alpha value is -2.95. The van der Waals surface area contributed by atoms with Crippen LogP contribution in [0.5, 0.6) is 11.5 Å². The molecular formula is C24H24ClN3O. The summed E-state index contributed by atoms with van der Waals surface area (Å²) in [5.74, 6) is 1.81. The SMILES string of the molecule is CCNc1cc2c(c3ccccc13)[NH2+]c1c(cc(NCC)c3ccccc13)O2.[Cl-]. The van der Waals surface area contributed by atoms with Gasteiger partial charge in [-0.25, -0.2) is 0 Å². The highest BCUT2D eigenvalue weighted by Crippen LogP contribution is 2.46. The third kappa shape index (κ3) is 3.15. The highest BCUT2D eigenvalue weighted by atomic mass is 35.5. The number of nitrogens with two attached hydrogens (primary N) is 1. The maximum Gasteiger partial charge on any atom is 0.191 e. The van der Waals surface area contributed by atoms with E-state index in [1.54, 1.807) is 0 Å². The number of nitrogens with one attached hydrogen (secondary N) is 2. The maximum absolute atomic E-state index is 6.46. The number of rotatable bonds is 4. The molecule has 0 saturated heterocycles. The number of hydrogen-bond acceptors (Lipinski definition) is 3. The van der Waals surface area contributed by atoms with Gasteiger partial charge in [-0.3, -0.25) is 5.32 Å². The van der Waals surface area contributed by atoms with Crippen molar-refractivity contribution in [3.63, 3.8) is 0 Å².